The first-order valence-electron chi connectivity index (χ1n) is 6.35. The minimum atomic E-state index is -0.657. The van der Waals surface area contributed by atoms with Crippen molar-refractivity contribution < 1.29 is 9.90 Å². The van der Waals surface area contributed by atoms with E-state index in [0.717, 1.165) is 36.8 Å². The van der Waals surface area contributed by atoms with Crippen LogP contribution < -0.4 is 0 Å². The molecule has 92 valence electrons. The van der Waals surface area contributed by atoms with Crippen LogP contribution in [0.25, 0.3) is 0 Å². The highest BCUT2D eigenvalue weighted by Crippen LogP contribution is 2.41. The van der Waals surface area contributed by atoms with E-state index in [-0.39, 0.29) is 0 Å². The van der Waals surface area contributed by atoms with E-state index < -0.39 is 11.4 Å². The van der Waals surface area contributed by atoms with Gasteiger partial charge in [-0.25, -0.2) is 0 Å². The van der Waals surface area contributed by atoms with E-state index in [2.05, 4.69) is 6.92 Å². The van der Waals surface area contributed by atoms with Crippen LogP contribution in [0.4, 0.5) is 0 Å². The van der Waals surface area contributed by atoms with Crippen molar-refractivity contribution in [2.45, 2.75) is 44.9 Å². The van der Waals surface area contributed by atoms with Gasteiger partial charge in [-0.15, -0.1) is 0 Å². The number of hydrogen-bond acceptors (Lipinski definition) is 1. The van der Waals surface area contributed by atoms with E-state index >= 15 is 0 Å². The molecule has 0 saturated heterocycles. The summed E-state index contributed by atoms with van der Waals surface area (Å²) < 4.78 is 0. The summed E-state index contributed by atoms with van der Waals surface area (Å²) in [5, 5.41) is 9.62. The maximum Gasteiger partial charge on any atom is 0.314 e. The Balaban J connectivity index is 2.38. The molecule has 1 saturated carbocycles. The molecular weight excluding hydrogens is 212 g/mol. The van der Waals surface area contributed by atoms with Gasteiger partial charge in [0, 0.05) is 0 Å². The SMILES string of the molecule is Cc1cccc(C2(C(=O)O)CCC(C)CC2)c1. The molecule has 2 heteroatoms. The fraction of sp³-hybridized carbons (Fsp3) is 0.533. The molecule has 0 bridgehead atoms. The topological polar surface area (TPSA) is 37.3 Å². The van der Waals surface area contributed by atoms with E-state index in [1.54, 1.807) is 0 Å². The fourth-order valence-electron chi connectivity index (χ4n) is 2.82. The molecule has 0 heterocycles. The normalized spacial score (nSPS) is 28.9. The summed E-state index contributed by atoms with van der Waals surface area (Å²) >= 11 is 0. The van der Waals surface area contributed by atoms with Crippen molar-refractivity contribution in [1.82, 2.24) is 0 Å². The maximum atomic E-state index is 11.7. The Morgan fingerprint density at radius 2 is 2.00 bits per heavy atom. The first-order valence-corrected chi connectivity index (χ1v) is 6.35. The standard InChI is InChI=1S/C15H20O2/c1-11-6-8-15(9-7-11,14(16)17)13-5-3-4-12(2)10-13/h3-5,10-11H,6-9H2,1-2H3,(H,16,17). The van der Waals surface area contributed by atoms with Crippen LogP contribution in [0.3, 0.4) is 0 Å². The largest absolute Gasteiger partial charge is 0.481 e. The van der Waals surface area contributed by atoms with Gasteiger partial charge in [-0.1, -0.05) is 36.8 Å². The molecule has 0 amide bonds. The number of carbonyl (C=O) groups is 1. The number of aryl methyl sites for hydroxylation is 1. The van der Waals surface area contributed by atoms with Crippen LogP contribution in [0.15, 0.2) is 24.3 Å². The zero-order valence-electron chi connectivity index (χ0n) is 10.6. The zero-order valence-corrected chi connectivity index (χ0v) is 10.6. The fourth-order valence-corrected chi connectivity index (χ4v) is 2.82. The molecule has 2 nitrogen and oxygen atoms in total. The lowest BCUT2D eigenvalue weighted by atomic mass is 9.67. The molecule has 0 aliphatic heterocycles. The van der Waals surface area contributed by atoms with Crippen molar-refractivity contribution in [2.75, 3.05) is 0 Å². The van der Waals surface area contributed by atoms with Gasteiger partial charge in [-0.2, -0.15) is 0 Å². The van der Waals surface area contributed by atoms with Crippen LogP contribution in [-0.2, 0) is 10.2 Å². The molecule has 0 unspecified atom stereocenters. The third-order valence-electron chi connectivity index (χ3n) is 4.11. The van der Waals surface area contributed by atoms with Gasteiger partial charge < -0.3 is 5.11 Å². The summed E-state index contributed by atoms with van der Waals surface area (Å²) in [4.78, 5) is 11.7. The van der Waals surface area contributed by atoms with Gasteiger partial charge in [0.25, 0.3) is 0 Å². The zero-order chi connectivity index (χ0) is 12.5. The maximum absolute atomic E-state index is 11.7. The van der Waals surface area contributed by atoms with Crippen molar-refractivity contribution >= 4 is 5.97 Å². The smallest absolute Gasteiger partial charge is 0.314 e. The van der Waals surface area contributed by atoms with Gasteiger partial charge in [0.15, 0.2) is 0 Å². The molecule has 1 N–H and O–H groups in total. The molecule has 1 fully saturated rings. The highest BCUT2D eigenvalue weighted by molar-refractivity contribution is 5.81. The summed E-state index contributed by atoms with van der Waals surface area (Å²) in [7, 11) is 0. The van der Waals surface area contributed by atoms with Crippen molar-refractivity contribution in [3.05, 3.63) is 35.4 Å². The second kappa shape index (κ2) is 4.52. The highest BCUT2D eigenvalue weighted by atomic mass is 16.4. The Bertz CT molecular complexity index is 415. The summed E-state index contributed by atoms with van der Waals surface area (Å²) in [5.41, 5.74) is 1.48. The summed E-state index contributed by atoms with van der Waals surface area (Å²) in [6.45, 7) is 4.23. The number of carboxylic acid groups (broad SMARTS) is 1. The van der Waals surface area contributed by atoms with Crippen LogP contribution >= 0.6 is 0 Å². The quantitative estimate of drug-likeness (QED) is 0.847. The Kier molecular flexibility index (Phi) is 3.23. The molecule has 0 aromatic heterocycles. The molecule has 2 rings (SSSR count). The summed E-state index contributed by atoms with van der Waals surface area (Å²) in [5.74, 6) is 0.00211. The molecule has 0 radical (unpaired) electrons. The van der Waals surface area contributed by atoms with E-state index in [0.29, 0.717) is 5.92 Å². The molecule has 17 heavy (non-hydrogen) atoms. The summed E-state index contributed by atoms with van der Waals surface area (Å²) in [6, 6.07) is 7.99. The molecule has 1 aromatic carbocycles. The number of benzene rings is 1. The third-order valence-corrected chi connectivity index (χ3v) is 4.11. The van der Waals surface area contributed by atoms with E-state index in [9.17, 15) is 9.90 Å². The van der Waals surface area contributed by atoms with Crippen LogP contribution in [0.1, 0.15) is 43.7 Å². The van der Waals surface area contributed by atoms with Gasteiger partial charge in [0.1, 0.15) is 0 Å². The molecule has 1 aromatic rings. The monoisotopic (exact) mass is 232 g/mol. The first-order chi connectivity index (χ1) is 8.04. The van der Waals surface area contributed by atoms with Crippen LogP contribution in [0.5, 0.6) is 0 Å². The second-order valence-corrected chi connectivity index (χ2v) is 5.44. The lowest BCUT2D eigenvalue weighted by molar-refractivity contribution is -0.145. The Morgan fingerprint density at radius 3 is 2.53 bits per heavy atom. The van der Waals surface area contributed by atoms with Gasteiger partial charge in [0.2, 0.25) is 0 Å². The Hall–Kier alpha value is -1.31. The number of hydrogen-bond donors (Lipinski definition) is 1. The van der Waals surface area contributed by atoms with Crippen LogP contribution in [0, 0.1) is 12.8 Å². The number of aliphatic carboxylic acids is 1. The Morgan fingerprint density at radius 1 is 1.35 bits per heavy atom. The molecule has 0 spiro atoms. The molecule has 1 aliphatic carbocycles. The van der Waals surface area contributed by atoms with E-state index in [1.165, 1.54) is 0 Å². The lowest BCUT2D eigenvalue weighted by Crippen LogP contribution is -2.39. The molecule has 1 aliphatic rings. The van der Waals surface area contributed by atoms with Crippen LogP contribution in [-0.4, -0.2) is 11.1 Å². The van der Waals surface area contributed by atoms with Gasteiger partial charge in [-0.3, -0.25) is 4.79 Å². The van der Waals surface area contributed by atoms with Crippen molar-refractivity contribution in [3.63, 3.8) is 0 Å². The average Bonchev–Trinajstić information content (AvgIpc) is 2.30. The second-order valence-electron chi connectivity index (χ2n) is 5.44. The number of carboxylic acids is 1. The molecule has 0 atom stereocenters. The lowest BCUT2D eigenvalue weighted by Gasteiger charge is -2.36. The predicted octanol–water partition coefficient (Wildman–Crippen LogP) is 3.53. The first kappa shape index (κ1) is 12.2. The Labute approximate surface area is 103 Å². The molecular formula is C15H20O2. The van der Waals surface area contributed by atoms with Crippen molar-refractivity contribution in [2.24, 2.45) is 5.92 Å². The van der Waals surface area contributed by atoms with Gasteiger partial charge in [-0.05, 0) is 44.1 Å². The van der Waals surface area contributed by atoms with Crippen molar-refractivity contribution in [1.29, 1.82) is 0 Å². The average molecular weight is 232 g/mol. The summed E-state index contributed by atoms with van der Waals surface area (Å²) in [6.07, 6.45) is 3.57. The van der Waals surface area contributed by atoms with E-state index in [4.69, 9.17) is 0 Å². The van der Waals surface area contributed by atoms with Gasteiger partial charge in [0.05, 0.1) is 5.41 Å². The minimum absolute atomic E-state index is 0.640. The van der Waals surface area contributed by atoms with Crippen molar-refractivity contribution in [3.8, 4) is 0 Å². The van der Waals surface area contributed by atoms with Gasteiger partial charge >= 0.3 is 5.97 Å². The minimum Gasteiger partial charge on any atom is -0.481 e. The van der Waals surface area contributed by atoms with E-state index in [1.807, 2.05) is 31.2 Å². The number of rotatable bonds is 2. The van der Waals surface area contributed by atoms with Crippen LogP contribution in [0.2, 0.25) is 0 Å². The third kappa shape index (κ3) is 2.21. The predicted molar refractivity (Wildman–Crippen MR) is 68.1 cm³/mol. The highest BCUT2D eigenvalue weighted by Gasteiger charge is 2.42.